The molecular formula is C33H31N5O5. The summed E-state index contributed by atoms with van der Waals surface area (Å²) in [4.78, 5) is 49.7. The van der Waals surface area contributed by atoms with Crippen LogP contribution in [0.15, 0.2) is 100 Å². The van der Waals surface area contributed by atoms with E-state index in [4.69, 9.17) is 9.15 Å². The highest BCUT2D eigenvalue weighted by Crippen LogP contribution is 2.24. The Kier molecular flexibility index (Phi) is 8.76. The number of amides is 2. The molecule has 10 heteroatoms. The Morgan fingerprint density at radius 3 is 2.40 bits per heavy atom. The molecule has 10 nitrogen and oxygen atoms in total. The minimum absolute atomic E-state index is 0.0813. The fourth-order valence-electron chi connectivity index (χ4n) is 4.75. The van der Waals surface area contributed by atoms with E-state index in [9.17, 15) is 14.4 Å². The molecule has 0 aliphatic carbocycles. The Bertz CT molecular complexity index is 1790. The Labute approximate surface area is 248 Å². The molecule has 0 saturated heterocycles. The van der Waals surface area contributed by atoms with Gasteiger partial charge in [-0.3, -0.25) is 14.6 Å². The van der Waals surface area contributed by atoms with Crippen molar-refractivity contribution in [1.82, 2.24) is 14.9 Å². The number of carbonyl (C=O) groups excluding carboxylic acids is 2. The molecule has 0 aliphatic rings. The van der Waals surface area contributed by atoms with Gasteiger partial charge in [-0.1, -0.05) is 48.5 Å². The highest BCUT2D eigenvalue weighted by atomic mass is 16.5. The normalized spacial score (nSPS) is 11.5. The van der Waals surface area contributed by atoms with E-state index in [-0.39, 0.29) is 23.0 Å². The maximum Gasteiger partial charge on any atom is 0.348 e. The van der Waals surface area contributed by atoms with E-state index in [1.807, 2.05) is 54.6 Å². The Morgan fingerprint density at radius 2 is 1.70 bits per heavy atom. The summed E-state index contributed by atoms with van der Waals surface area (Å²) in [7, 11) is 3.32. The van der Waals surface area contributed by atoms with Crippen molar-refractivity contribution < 1.29 is 18.7 Å². The number of fused-ring (bicyclic) bond motifs is 1. The number of nitrogens with one attached hydrogen (secondary N) is 2. The van der Waals surface area contributed by atoms with Crippen molar-refractivity contribution in [2.45, 2.75) is 25.9 Å². The molecule has 0 aliphatic heterocycles. The van der Waals surface area contributed by atoms with Gasteiger partial charge in [0, 0.05) is 31.9 Å². The van der Waals surface area contributed by atoms with Crippen LogP contribution in [0.5, 0.6) is 5.75 Å². The van der Waals surface area contributed by atoms with E-state index in [1.165, 1.54) is 6.20 Å². The summed E-state index contributed by atoms with van der Waals surface area (Å²) < 4.78 is 10.8. The van der Waals surface area contributed by atoms with Gasteiger partial charge in [0.2, 0.25) is 5.91 Å². The molecule has 2 N–H and O–H groups in total. The number of nitrogens with zero attached hydrogens (tertiary/aromatic N) is 3. The van der Waals surface area contributed by atoms with Gasteiger partial charge in [-0.05, 0) is 60.0 Å². The summed E-state index contributed by atoms with van der Waals surface area (Å²) in [6.07, 6.45) is 1.84. The lowest BCUT2D eigenvalue weighted by Crippen LogP contribution is -2.42. The van der Waals surface area contributed by atoms with Crippen molar-refractivity contribution in [2.24, 2.45) is 0 Å². The second-order valence-corrected chi connectivity index (χ2v) is 10.0. The zero-order chi connectivity index (χ0) is 30.3. The molecule has 1 atom stereocenters. The molecule has 2 heterocycles. The van der Waals surface area contributed by atoms with Gasteiger partial charge in [0.05, 0.1) is 18.0 Å². The average Bonchev–Trinajstić information content (AvgIpc) is 3.02. The van der Waals surface area contributed by atoms with Crippen molar-refractivity contribution in [3.8, 4) is 5.75 Å². The van der Waals surface area contributed by atoms with E-state index < -0.39 is 17.6 Å². The standard InChI is InChI=1S/C33H31N5O5/c1-21-25(35-30(39)27-11-7-8-18-34-27)16-17-26-29(21)32(41)43-33(36-26)37-28(19-22-12-14-24(42-3)15-13-22)31(40)38(2)20-23-9-5-4-6-10-23/h4-18,28H,19-20H2,1-3H3,(H,35,39)(H,36,37)/t28-/m0/s1. The number of rotatable bonds is 10. The van der Waals surface area contributed by atoms with Crippen LogP contribution in [-0.4, -0.2) is 46.9 Å². The van der Waals surface area contributed by atoms with Crippen LogP contribution in [0.1, 0.15) is 27.2 Å². The van der Waals surface area contributed by atoms with Gasteiger partial charge in [-0.15, -0.1) is 0 Å². The van der Waals surface area contributed by atoms with Crippen LogP contribution in [0.4, 0.5) is 11.7 Å². The van der Waals surface area contributed by atoms with Crippen molar-refractivity contribution >= 4 is 34.4 Å². The van der Waals surface area contributed by atoms with Crippen LogP contribution in [0.2, 0.25) is 0 Å². The number of hydrogen-bond donors (Lipinski definition) is 2. The van der Waals surface area contributed by atoms with Crippen molar-refractivity contribution in [1.29, 1.82) is 0 Å². The minimum Gasteiger partial charge on any atom is -0.497 e. The van der Waals surface area contributed by atoms with E-state index in [1.54, 1.807) is 56.3 Å². The minimum atomic E-state index is -0.784. The number of hydrogen-bond acceptors (Lipinski definition) is 8. The summed E-state index contributed by atoms with van der Waals surface area (Å²) in [5, 5.41) is 6.08. The second kappa shape index (κ2) is 13.0. The summed E-state index contributed by atoms with van der Waals surface area (Å²) in [5.74, 6) is 0.0973. The van der Waals surface area contributed by atoms with E-state index >= 15 is 0 Å². The highest BCUT2D eigenvalue weighted by molar-refractivity contribution is 6.04. The summed E-state index contributed by atoms with van der Waals surface area (Å²) in [6, 6.07) is 24.5. The zero-order valence-corrected chi connectivity index (χ0v) is 24.0. The summed E-state index contributed by atoms with van der Waals surface area (Å²) >= 11 is 0. The molecule has 5 aromatic rings. The lowest BCUT2D eigenvalue weighted by molar-refractivity contribution is -0.131. The number of aryl methyl sites for hydroxylation is 1. The topological polar surface area (TPSA) is 127 Å². The molecule has 0 saturated carbocycles. The highest BCUT2D eigenvalue weighted by Gasteiger charge is 2.25. The number of methoxy groups -OCH3 is 1. The van der Waals surface area contributed by atoms with Crippen molar-refractivity contribution in [2.75, 3.05) is 24.8 Å². The molecule has 0 unspecified atom stereocenters. The van der Waals surface area contributed by atoms with Crippen LogP contribution in [0.3, 0.4) is 0 Å². The van der Waals surface area contributed by atoms with Crippen LogP contribution in [-0.2, 0) is 17.8 Å². The molecular weight excluding hydrogens is 546 g/mol. The van der Waals surface area contributed by atoms with Gasteiger partial charge in [0.1, 0.15) is 17.5 Å². The van der Waals surface area contributed by atoms with Crippen LogP contribution >= 0.6 is 0 Å². The van der Waals surface area contributed by atoms with Crippen molar-refractivity contribution in [3.63, 3.8) is 0 Å². The zero-order valence-electron chi connectivity index (χ0n) is 24.0. The summed E-state index contributed by atoms with van der Waals surface area (Å²) in [5.41, 5.74) is 2.77. The molecule has 218 valence electrons. The molecule has 2 aromatic heterocycles. The lowest BCUT2D eigenvalue weighted by atomic mass is 10.0. The number of aromatic nitrogens is 2. The number of pyridine rings is 1. The molecule has 0 fully saturated rings. The van der Waals surface area contributed by atoms with Gasteiger partial charge < -0.3 is 24.7 Å². The van der Waals surface area contributed by atoms with Crippen LogP contribution in [0, 0.1) is 6.92 Å². The van der Waals surface area contributed by atoms with Crippen molar-refractivity contribution in [3.05, 3.63) is 124 Å². The summed E-state index contributed by atoms with van der Waals surface area (Å²) in [6.45, 7) is 2.11. The third kappa shape index (κ3) is 6.87. The van der Waals surface area contributed by atoms with Gasteiger partial charge in [0.15, 0.2) is 0 Å². The van der Waals surface area contributed by atoms with E-state index in [2.05, 4.69) is 20.6 Å². The average molecular weight is 578 g/mol. The molecule has 5 rings (SSSR count). The Hall–Kier alpha value is -5.51. The monoisotopic (exact) mass is 577 g/mol. The fourth-order valence-corrected chi connectivity index (χ4v) is 4.75. The number of carbonyl (C=O) groups is 2. The fraction of sp³-hybridized carbons (Fsp3) is 0.182. The largest absolute Gasteiger partial charge is 0.497 e. The molecule has 0 spiro atoms. The maximum atomic E-state index is 13.7. The van der Waals surface area contributed by atoms with Crippen LogP contribution in [0.25, 0.3) is 10.9 Å². The lowest BCUT2D eigenvalue weighted by Gasteiger charge is -2.25. The third-order valence-electron chi connectivity index (χ3n) is 7.04. The SMILES string of the molecule is COc1ccc(C[C@H](Nc2nc3ccc(NC(=O)c4ccccn4)c(C)c3c(=O)o2)C(=O)N(C)Cc2ccccc2)cc1. The predicted octanol–water partition coefficient (Wildman–Crippen LogP) is 4.83. The molecule has 43 heavy (non-hydrogen) atoms. The third-order valence-corrected chi connectivity index (χ3v) is 7.04. The molecule has 3 aromatic carbocycles. The quantitative estimate of drug-likeness (QED) is 0.242. The number of anilines is 2. The number of benzene rings is 3. The maximum absolute atomic E-state index is 13.7. The first-order valence-corrected chi connectivity index (χ1v) is 13.7. The van der Waals surface area contributed by atoms with Gasteiger partial charge in [-0.2, -0.15) is 4.98 Å². The van der Waals surface area contributed by atoms with Gasteiger partial charge in [-0.25, -0.2) is 4.79 Å². The Morgan fingerprint density at radius 1 is 0.953 bits per heavy atom. The first-order valence-electron chi connectivity index (χ1n) is 13.7. The van der Waals surface area contributed by atoms with E-state index in [0.29, 0.717) is 35.5 Å². The van der Waals surface area contributed by atoms with E-state index in [0.717, 1.165) is 11.1 Å². The van der Waals surface area contributed by atoms with Crippen LogP contribution < -0.4 is 21.0 Å². The Balaban J connectivity index is 1.42. The molecule has 0 bridgehead atoms. The van der Waals surface area contributed by atoms with Gasteiger partial charge >= 0.3 is 5.63 Å². The number of likely N-dealkylation sites (N-methyl/N-ethyl adjacent to an activating group) is 1. The molecule has 0 radical (unpaired) electrons. The predicted molar refractivity (Wildman–Crippen MR) is 164 cm³/mol. The first kappa shape index (κ1) is 29.0. The molecule has 2 amide bonds. The smallest absolute Gasteiger partial charge is 0.348 e. The van der Waals surface area contributed by atoms with Gasteiger partial charge in [0.25, 0.3) is 11.9 Å². The second-order valence-electron chi connectivity index (χ2n) is 10.0. The number of ether oxygens (including phenoxy) is 1. The first-order chi connectivity index (χ1) is 20.8.